The summed E-state index contributed by atoms with van der Waals surface area (Å²) in [5, 5.41) is 10.3. The molecule has 1 heterocycles. The van der Waals surface area contributed by atoms with Crippen LogP contribution in [0.4, 0.5) is 4.39 Å². The topological polar surface area (TPSA) is 75.3 Å². The number of hydrogen-bond acceptors (Lipinski definition) is 4. The number of aromatic nitrogens is 2. The lowest BCUT2D eigenvalue weighted by Crippen LogP contribution is -2.39. The maximum absolute atomic E-state index is 14.1. The van der Waals surface area contributed by atoms with Gasteiger partial charge >= 0.3 is 0 Å². The molecule has 1 aliphatic rings. The van der Waals surface area contributed by atoms with Gasteiger partial charge in [-0.3, -0.25) is 4.99 Å². The number of aliphatic imine (C=N–C) groups is 1. The van der Waals surface area contributed by atoms with E-state index in [9.17, 15) is 4.39 Å². The summed E-state index contributed by atoms with van der Waals surface area (Å²) in [6.07, 6.45) is 2.57. The Hall–Kier alpha value is -1.71. The first-order valence-electron chi connectivity index (χ1n) is 8.69. The molecule has 142 valence electrons. The Kier molecular flexibility index (Phi) is 7.36. The van der Waals surface area contributed by atoms with Gasteiger partial charge in [0.15, 0.2) is 11.8 Å². The van der Waals surface area contributed by atoms with E-state index in [1.54, 1.807) is 13.0 Å². The number of halogens is 2. The van der Waals surface area contributed by atoms with E-state index in [-0.39, 0.29) is 35.2 Å². The normalized spacial score (nSPS) is 15.3. The van der Waals surface area contributed by atoms with Gasteiger partial charge in [0.2, 0.25) is 5.89 Å². The second-order valence-electron chi connectivity index (χ2n) is 6.37. The SMILES string of the molecule is CCNC(=NCC1(c2ccccc2F)CC1)NCCc1nc(C)no1.I. The molecule has 0 bridgehead atoms. The fourth-order valence-electron chi connectivity index (χ4n) is 2.86. The first-order chi connectivity index (χ1) is 12.1. The second kappa shape index (κ2) is 9.29. The van der Waals surface area contributed by atoms with Crippen molar-refractivity contribution < 1.29 is 8.91 Å². The number of nitrogens with zero attached hydrogens (tertiary/aromatic N) is 3. The van der Waals surface area contributed by atoms with Gasteiger partial charge in [-0.15, -0.1) is 24.0 Å². The minimum atomic E-state index is -0.155. The Balaban J connectivity index is 0.00000243. The fraction of sp³-hybridized carbons (Fsp3) is 0.500. The Bertz CT molecular complexity index is 745. The maximum Gasteiger partial charge on any atom is 0.228 e. The highest BCUT2D eigenvalue weighted by Gasteiger charge is 2.45. The first kappa shape index (κ1) is 20.6. The van der Waals surface area contributed by atoms with Crippen molar-refractivity contribution in [3.8, 4) is 0 Å². The lowest BCUT2D eigenvalue weighted by atomic mass is 9.95. The molecule has 0 aliphatic heterocycles. The molecule has 0 unspecified atom stereocenters. The van der Waals surface area contributed by atoms with Gasteiger partial charge in [-0.05, 0) is 38.3 Å². The zero-order valence-corrected chi connectivity index (χ0v) is 17.4. The highest BCUT2D eigenvalue weighted by atomic mass is 127. The Morgan fingerprint density at radius 1 is 1.31 bits per heavy atom. The average molecular weight is 473 g/mol. The van der Waals surface area contributed by atoms with Crippen molar-refractivity contribution in [1.29, 1.82) is 0 Å². The van der Waals surface area contributed by atoms with Gasteiger partial charge in [-0.1, -0.05) is 23.4 Å². The minimum Gasteiger partial charge on any atom is -0.357 e. The molecule has 1 aliphatic carbocycles. The molecule has 0 amide bonds. The molecule has 0 atom stereocenters. The number of nitrogens with one attached hydrogen (secondary N) is 2. The Morgan fingerprint density at radius 2 is 2.08 bits per heavy atom. The smallest absolute Gasteiger partial charge is 0.228 e. The van der Waals surface area contributed by atoms with Crippen LogP contribution in [0.5, 0.6) is 0 Å². The van der Waals surface area contributed by atoms with Gasteiger partial charge < -0.3 is 15.2 Å². The summed E-state index contributed by atoms with van der Waals surface area (Å²) in [5.41, 5.74) is 0.619. The number of hydrogen-bond donors (Lipinski definition) is 2. The van der Waals surface area contributed by atoms with Crippen molar-refractivity contribution in [3.05, 3.63) is 47.4 Å². The van der Waals surface area contributed by atoms with Gasteiger partial charge in [0.05, 0.1) is 6.54 Å². The molecule has 6 nitrogen and oxygen atoms in total. The van der Waals surface area contributed by atoms with E-state index in [1.165, 1.54) is 6.07 Å². The predicted octanol–water partition coefficient (Wildman–Crippen LogP) is 2.96. The van der Waals surface area contributed by atoms with Gasteiger partial charge in [0.1, 0.15) is 5.82 Å². The predicted molar refractivity (Wildman–Crippen MR) is 109 cm³/mol. The van der Waals surface area contributed by atoms with Crippen LogP contribution in [-0.4, -0.2) is 35.7 Å². The average Bonchev–Trinajstić information content (AvgIpc) is 3.28. The highest BCUT2D eigenvalue weighted by Crippen LogP contribution is 2.49. The molecule has 3 rings (SSSR count). The van der Waals surface area contributed by atoms with Gasteiger partial charge in [-0.25, -0.2) is 4.39 Å². The highest BCUT2D eigenvalue weighted by molar-refractivity contribution is 14.0. The van der Waals surface area contributed by atoms with E-state index in [0.717, 1.165) is 30.9 Å². The maximum atomic E-state index is 14.1. The van der Waals surface area contributed by atoms with E-state index in [1.807, 2.05) is 19.1 Å². The van der Waals surface area contributed by atoms with Crippen molar-refractivity contribution in [2.75, 3.05) is 19.6 Å². The van der Waals surface area contributed by atoms with E-state index >= 15 is 0 Å². The number of benzene rings is 1. The summed E-state index contributed by atoms with van der Waals surface area (Å²) in [7, 11) is 0. The molecule has 2 aromatic rings. The van der Waals surface area contributed by atoms with E-state index in [4.69, 9.17) is 4.52 Å². The molecule has 2 N–H and O–H groups in total. The Morgan fingerprint density at radius 3 is 2.69 bits per heavy atom. The van der Waals surface area contributed by atoms with Crippen molar-refractivity contribution in [1.82, 2.24) is 20.8 Å². The molecule has 0 saturated heterocycles. The Labute approximate surface area is 170 Å². The molecular weight excluding hydrogens is 448 g/mol. The van der Waals surface area contributed by atoms with Crippen molar-refractivity contribution in [3.63, 3.8) is 0 Å². The summed E-state index contributed by atoms with van der Waals surface area (Å²) in [6, 6.07) is 7.01. The van der Waals surface area contributed by atoms with Crippen LogP contribution < -0.4 is 10.6 Å². The summed E-state index contributed by atoms with van der Waals surface area (Å²) >= 11 is 0. The van der Waals surface area contributed by atoms with E-state index < -0.39 is 0 Å². The zero-order chi connectivity index (χ0) is 17.7. The molecule has 1 saturated carbocycles. The molecule has 1 aromatic heterocycles. The molecule has 1 aromatic carbocycles. The number of guanidine groups is 1. The van der Waals surface area contributed by atoms with Crippen molar-refractivity contribution in [2.24, 2.45) is 4.99 Å². The first-order valence-corrected chi connectivity index (χ1v) is 8.69. The molecule has 1 fully saturated rings. The third-order valence-corrected chi connectivity index (χ3v) is 4.38. The van der Waals surface area contributed by atoms with Crippen LogP contribution in [0.15, 0.2) is 33.8 Å². The fourth-order valence-corrected chi connectivity index (χ4v) is 2.86. The van der Waals surface area contributed by atoms with Crippen LogP contribution in [-0.2, 0) is 11.8 Å². The largest absolute Gasteiger partial charge is 0.357 e. The van der Waals surface area contributed by atoms with Gasteiger partial charge in [0.25, 0.3) is 0 Å². The van der Waals surface area contributed by atoms with Crippen LogP contribution in [0.1, 0.15) is 37.0 Å². The van der Waals surface area contributed by atoms with E-state index in [0.29, 0.717) is 31.2 Å². The monoisotopic (exact) mass is 473 g/mol. The van der Waals surface area contributed by atoms with Crippen LogP contribution in [0.2, 0.25) is 0 Å². The lowest BCUT2D eigenvalue weighted by molar-refractivity contribution is 0.374. The third-order valence-electron chi connectivity index (χ3n) is 4.38. The van der Waals surface area contributed by atoms with Gasteiger partial charge in [0, 0.05) is 24.9 Å². The summed E-state index contributed by atoms with van der Waals surface area (Å²) in [4.78, 5) is 8.84. The van der Waals surface area contributed by atoms with Crippen LogP contribution >= 0.6 is 24.0 Å². The van der Waals surface area contributed by atoms with Crippen LogP contribution in [0, 0.1) is 12.7 Å². The lowest BCUT2D eigenvalue weighted by Gasteiger charge is -2.16. The number of rotatable bonds is 7. The van der Waals surface area contributed by atoms with Gasteiger partial charge in [-0.2, -0.15) is 4.98 Å². The van der Waals surface area contributed by atoms with Crippen LogP contribution in [0.3, 0.4) is 0 Å². The number of aryl methyl sites for hydroxylation is 1. The molecule has 0 spiro atoms. The summed E-state index contributed by atoms with van der Waals surface area (Å²) in [6.45, 7) is 5.79. The van der Waals surface area contributed by atoms with Crippen molar-refractivity contribution >= 4 is 29.9 Å². The summed E-state index contributed by atoms with van der Waals surface area (Å²) in [5.74, 6) is 1.82. The molecule has 8 heteroatoms. The van der Waals surface area contributed by atoms with E-state index in [2.05, 4.69) is 25.8 Å². The molecule has 26 heavy (non-hydrogen) atoms. The quantitative estimate of drug-likeness (QED) is 0.368. The molecular formula is C18H25FIN5O. The minimum absolute atomic E-state index is 0. The molecule has 0 radical (unpaired) electrons. The second-order valence-corrected chi connectivity index (χ2v) is 6.37. The zero-order valence-electron chi connectivity index (χ0n) is 15.1. The van der Waals surface area contributed by atoms with Crippen molar-refractivity contribution in [2.45, 2.75) is 38.5 Å². The van der Waals surface area contributed by atoms with Crippen LogP contribution in [0.25, 0.3) is 0 Å². The summed E-state index contributed by atoms with van der Waals surface area (Å²) < 4.78 is 19.2. The standard InChI is InChI=1S/C18H24FN5O.HI/c1-3-20-17(21-11-8-16-23-13(2)24-25-16)22-12-18(9-10-18)14-6-4-5-7-15(14)19;/h4-7H,3,8-12H2,1-2H3,(H2,20,21,22);1H. The third kappa shape index (κ3) is 5.15.